The number of sulfonamides is 1. The summed E-state index contributed by atoms with van der Waals surface area (Å²) in [6.45, 7) is 4.86. The van der Waals surface area contributed by atoms with Gasteiger partial charge < -0.3 is 0 Å². The van der Waals surface area contributed by atoms with Crippen LogP contribution in [0.1, 0.15) is 30.5 Å². The number of nitrogens with zero attached hydrogens (tertiary/aromatic N) is 1. The highest BCUT2D eigenvalue weighted by atomic mass is 32.2. The highest BCUT2D eigenvalue weighted by Crippen LogP contribution is 2.33. The second kappa shape index (κ2) is 8.05. The van der Waals surface area contributed by atoms with Crippen LogP contribution in [0.25, 0.3) is 11.1 Å². The Kier molecular flexibility index (Phi) is 5.94. The van der Waals surface area contributed by atoms with Crippen LogP contribution >= 0.6 is 0 Å². The van der Waals surface area contributed by atoms with E-state index >= 15 is 0 Å². The van der Waals surface area contributed by atoms with Gasteiger partial charge in [-0.1, -0.05) is 24.3 Å². The van der Waals surface area contributed by atoms with Crippen LogP contribution in [0, 0.1) is 12.7 Å². The minimum Gasteiger partial charge on any atom is -0.261 e. The van der Waals surface area contributed by atoms with Gasteiger partial charge in [0.1, 0.15) is 5.82 Å². The third kappa shape index (κ3) is 4.94. The minimum absolute atomic E-state index is 0.341. The van der Waals surface area contributed by atoms with Crippen molar-refractivity contribution in [3.05, 3.63) is 83.4 Å². The summed E-state index contributed by atoms with van der Waals surface area (Å²) in [7, 11) is -4.28. The number of benzene rings is 2. The average Bonchev–Trinajstić information content (AvgIpc) is 2.67. The first-order valence-corrected chi connectivity index (χ1v) is 10.7. The number of halogens is 4. The molecule has 0 spiro atoms. The summed E-state index contributed by atoms with van der Waals surface area (Å²) in [5.74, 6) is -0.514. The summed E-state index contributed by atoms with van der Waals surface area (Å²) < 4.78 is 81.3. The molecule has 2 aromatic carbocycles. The molecule has 0 saturated carbocycles. The van der Waals surface area contributed by atoms with Gasteiger partial charge in [0.25, 0.3) is 0 Å². The molecule has 0 aliphatic rings. The van der Waals surface area contributed by atoms with E-state index in [0.29, 0.717) is 28.3 Å². The summed E-state index contributed by atoms with van der Waals surface area (Å²) in [5.41, 5.74) is -0.260. The number of nitrogens with one attached hydrogen (secondary N) is 1. The molecule has 0 amide bonds. The summed E-state index contributed by atoms with van der Waals surface area (Å²) in [5, 5.41) is 0. The predicted octanol–water partition coefficient (Wildman–Crippen LogP) is 5.43. The molecule has 1 N–H and O–H groups in total. The molecule has 3 rings (SSSR count). The van der Waals surface area contributed by atoms with Crippen LogP contribution in [-0.2, 0) is 21.7 Å². The molecule has 0 aliphatic heterocycles. The van der Waals surface area contributed by atoms with Crippen molar-refractivity contribution < 1.29 is 26.0 Å². The zero-order chi connectivity index (χ0) is 23.0. The molecule has 4 nitrogen and oxygen atoms in total. The van der Waals surface area contributed by atoms with Gasteiger partial charge in [-0.15, -0.1) is 0 Å². The van der Waals surface area contributed by atoms with Gasteiger partial charge in [0.15, 0.2) is 0 Å². The van der Waals surface area contributed by atoms with E-state index in [4.69, 9.17) is 0 Å². The Morgan fingerprint density at radius 2 is 1.58 bits per heavy atom. The van der Waals surface area contributed by atoms with Gasteiger partial charge in [0.05, 0.1) is 22.2 Å². The molecule has 0 radical (unpaired) electrons. The fraction of sp³-hybridized carbons (Fsp3) is 0.227. The molecule has 0 aliphatic carbocycles. The number of aryl methyl sites for hydroxylation is 1. The Balaban J connectivity index is 1.98. The Morgan fingerprint density at radius 1 is 0.935 bits per heavy atom. The standard InChI is InChI=1S/C22H20F4N2O2S/c1-14-12-27-13-19(23)20(14)15-6-4-7-16(10-15)21(2,3)28-31(29,30)18-9-5-8-17(11-18)22(24,25)26/h4-13,28H,1-3H3. The maximum Gasteiger partial charge on any atom is 0.416 e. The summed E-state index contributed by atoms with van der Waals surface area (Å²) >= 11 is 0. The average molecular weight is 452 g/mol. The second-order valence-electron chi connectivity index (χ2n) is 7.65. The van der Waals surface area contributed by atoms with Gasteiger partial charge in [0.2, 0.25) is 10.0 Å². The van der Waals surface area contributed by atoms with E-state index in [-0.39, 0.29) is 0 Å². The molecule has 9 heteroatoms. The normalized spacial score (nSPS) is 12.7. The molecule has 0 fully saturated rings. The number of pyridine rings is 1. The van der Waals surface area contributed by atoms with Crippen molar-refractivity contribution in [3.8, 4) is 11.1 Å². The SMILES string of the molecule is Cc1cncc(F)c1-c1cccc(C(C)(C)NS(=O)(=O)c2cccc(C(F)(F)F)c2)c1. The summed E-state index contributed by atoms with van der Waals surface area (Å²) in [6.07, 6.45) is -2.05. The minimum atomic E-state index is -4.66. The zero-order valence-electron chi connectivity index (χ0n) is 17.0. The van der Waals surface area contributed by atoms with Gasteiger partial charge in [-0.2, -0.15) is 13.2 Å². The van der Waals surface area contributed by atoms with Crippen LogP contribution in [0.5, 0.6) is 0 Å². The molecular weight excluding hydrogens is 432 g/mol. The van der Waals surface area contributed by atoms with Gasteiger partial charge >= 0.3 is 6.18 Å². The lowest BCUT2D eigenvalue weighted by Crippen LogP contribution is -2.41. The third-order valence-corrected chi connectivity index (χ3v) is 6.48. The lowest BCUT2D eigenvalue weighted by Gasteiger charge is -2.27. The second-order valence-corrected chi connectivity index (χ2v) is 9.33. The Morgan fingerprint density at radius 3 is 2.23 bits per heavy atom. The maximum absolute atomic E-state index is 14.3. The quantitative estimate of drug-likeness (QED) is 0.526. The largest absolute Gasteiger partial charge is 0.416 e. The van der Waals surface area contributed by atoms with Crippen LogP contribution in [0.3, 0.4) is 0 Å². The Hall–Kier alpha value is -2.78. The third-order valence-electron chi connectivity index (χ3n) is 4.82. The van der Waals surface area contributed by atoms with Gasteiger partial charge in [-0.3, -0.25) is 4.98 Å². The van der Waals surface area contributed by atoms with E-state index in [1.807, 2.05) is 0 Å². The first kappa shape index (κ1) is 22.9. The van der Waals surface area contributed by atoms with Gasteiger partial charge in [-0.25, -0.2) is 17.5 Å². The highest BCUT2D eigenvalue weighted by Gasteiger charge is 2.33. The smallest absolute Gasteiger partial charge is 0.261 e. The van der Waals surface area contributed by atoms with Crippen LogP contribution in [0.15, 0.2) is 65.8 Å². The molecule has 1 heterocycles. The van der Waals surface area contributed by atoms with Crippen molar-refractivity contribution in [1.29, 1.82) is 0 Å². The van der Waals surface area contributed by atoms with Gasteiger partial charge in [-0.05, 0) is 61.7 Å². The van der Waals surface area contributed by atoms with E-state index in [1.165, 1.54) is 6.20 Å². The fourth-order valence-corrected chi connectivity index (χ4v) is 4.70. The molecular formula is C22H20F4N2O2S. The predicted molar refractivity (Wildman–Crippen MR) is 109 cm³/mol. The number of hydrogen-bond acceptors (Lipinski definition) is 3. The zero-order valence-corrected chi connectivity index (χ0v) is 17.8. The van der Waals surface area contributed by atoms with Crippen LogP contribution < -0.4 is 4.72 Å². The number of hydrogen-bond donors (Lipinski definition) is 1. The van der Waals surface area contributed by atoms with E-state index in [1.54, 1.807) is 45.0 Å². The van der Waals surface area contributed by atoms with Crippen LogP contribution in [0.4, 0.5) is 17.6 Å². The topological polar surface area (TPSA) is 59.1 Å². The van der Waals surface area contributed by atoms with Crippen molar-refractivity contribution in [2.45, 2.75) is 37.4 Å². The molecule has 1 aromatic heterocycles. The number of alkyl halides is 3. The lowest BCUT2D eigenvalue weighted by atomic mass is 9.91. The van der Waals surface area contributed by atoms with Gasteiger partial charge in [0, 0.05) is 11.8 Å². The van der Waals surface area contributed by atoms with E-state index in [9.17, 15) is 26.0 Å². The Labute approximate surface area is 178 Å². The number of aromatic nitrogens is 1. The molecule has 0 unspecified atom stereocenters. The van der Waals surface area contributed by atoms with Crippen LogP contribution in [0.2, 0.25) is 0 Å². The number of rotatable bonds is 5. The summed E-state index contributed by atoms with van der Waals surface area (Å²) in [6, 6.07) is 10.2. The van der Waals surface area contributed by atoms with Crippen molar-refractivity contribution in [3.63, 3.8) is 0 Å². The first-order chi connectivity index (χ1) is 14.3. The van der Waals surface area contributed by atoms with Crippen molar-refractivity contribution in [2.75, 3.05) is 0 Å². The highest BCUT2D eigenvalue weighted by molar-refractivity contribution is 7.89. The monoisotopic (exact) mass is 452 g/mol. The summed E-state index contributed by atoms with van der Waals surface area (Å²) in [4.78, 5) is 3.30. The first-order valence-electron chi connectivity index (χ1n) is 9.23. The van der Waals surface area contributed by atoms with E-state index in [0.717, 1.165) is 24.4 Å². The van der Waals surface area contributed by atoms with Crippen molar-refractivity contribution in [1.82, 2.24) is 9.71 Å². The Bertz CT molecular complexity index is 1200. The molecule has 0 bridgehead atoms. The van der Waals surface area contributed by atoms with E-state index < -0.39 is 38.0 Å². The molecule has 164 valence electrons. The van der Waals surface area contributed by atoms with E-state index in [2.05, 4.69) is 9.71 Å². The van der Waals surface area contributed by atoms with Crippen molar-refractivity contribution in [2.24, 2.45) is 0 Å². The maximum atomic E-state index is 14.3. The molecule has 0 saturated heterocycles. The molecule has 3 aromatic rings. The van der Waals surface area contributed by atoms with Crippen LogP contribution in [-0.4, -0.2) is 13.4 Å². The molecule has 31 heavy (non-hydrogen) atoms. The fourth-order valence-electron chi connectivity index (χ4n) is 3.25. The molecule has 0 atom stereocenters. The lowest BCUT2D eigenvalue weighted by molar-refractivity contribution is -0.137. The van der Waals surface area contributed by atoms with Crippen molar-refractivity contribution >= 4 is 10.0 Å².